The van der Waals surface area contributed by atoms with Crippen molar-refractivity contribution in [3.8, 4) is 0 Å². The van der Waals surface area contributed by atoms with E-state index in [9.17, 15) is 90.4 Å². The predicted octanol–water partition coefficient (Wildman–Crippen LogP) is -5.23. The maximum Gasteiger partial charge on any atom is 0.220 e. The average Bonchev–Trinajstić information content (AvgIpc) is 0.760. The van der Waals surface area contributed by atoms with Gasteiger partial charge in [-0.3, -0.25) is 24.0 Å². The minimum absolute atomic E-state index is 0.00186. The first-order valence-corrected chi connectivity index (χ1v) is 35.3. The van der Waals surface area contributed by atoms with Gasteiger partial charge < -0.3 is 156 Å². The fourth-order valence-electron chi connectivity index (χ4n) is 13.8. The summed E-state index contributed by atoms with van der Waals surface area (Å²) in [6, 6.07) is -5.21. The van der Waals surface area contributed by atoms with Crippen LogP contribution in [0.2, 0.25) is 0 Å². The summed E-state index contributed by atoms with van der Waals surface area (Å²) in [5.41, 5.74) is -2.54. The summed E-state index contributed by atoms with van der Waals surface area (Å²) in [7, 11) is 1.20. The molecule has 5 amide bonds. The number of carbonyl (C=O) groups is 5. The molecule has 0 aliphatic carbocycles. The summed E-state index contributed by atoms with van der Waals surface area (Å²) in [6.45, 7) is 6.69. The molecule has 0 spiro atoms. The number of hydrogen-bond donors (Lipinski definition) is 19. The van der Waals surface area contributed by atoms with Crippen molar-refractivity contribution in [2.45, 2.75) is 334 Å². The highest BCUT2D eigenvalue weighted by Crippen LogP contribution is 2.42. The first-order valence-electron chi connectivity index (χ1n) is 35.3. The second kappa shape index (κ2) is 39.2. The maximum atomic E-state index is 13.6. The zero-order valence-electron chi connectivity index (χ0n) is 59.9. The van der Waals surface area contributed by atoms with Gasteiger partial charge in [0.2, 0.25) is 29.5 Å². The van der Waals surface area contributed by atoms with Crippen LogP contribution in [-0.2, 0) is 80.8 Å². The molecule has 6 saturated heterocycles. The van der Waals surface area contributed by atoms with Crippen molar-refractivity contribution in [3.05, 3.63) is 12.2 Å². The van der Waals surface area contributed by atoms with E-state index in [1.807, 2.05) is 0 Å². The lowest BCUT2D eigenvalue weighted by Gasteiger charge is -2.55. The van der Waals surface area contributed by atoms with Gasteiger partial charge in [0, 0.05) is 41.2 Å². The highest BCUT2D eigenvalue weighted by atomic mass is 16.8. The number of amides is 5. The van der Waals surface area contributed by atoms with Crippen LogP contribution < -0.4 is 32.3 Å². The Bertz CT molecular complexity index is 2670. The third-order valence-corrected chi connectivity index (χ3v) is 19.8. The second-order valence-corrected chi connectivity index (χ2v) is 28.2. The van der Waals surface area contributed by atoms with Gasteiger partial charge in [-0.15, -0.1) is 0 Å². The van der Waals surface area contributed by atoms with Gasteiger partial charge in [-0.25, -0.2) is 0 Å². The van der Waals surface area contributed by atoms with Crippen molar-refractivity contribution in [3.63, 3.8) is 0 Å². The van der Waals surface area contributed by atoms with E-state index < -0.39 is 245 Å². The highest BCUT2D eigenvalue weighted by Gasteiger charge is 2.64. The molecule has 18 unspecified atom stereocenters. The smallest absolute Gasteiger partial charge is 0.220 e. The first kappa shape index (κ1) is 87.0. The summed E-state index contributed by atoms with van der Waals surface area (Å²) in [6.07, 6.45) is -23.6. The molecule has 6 aliphatic rings. The average molecular weight is 1470 g/mol. The van der Waals surface area contributed by atoms with Gasteiger partial charge in [0.25, 0.3) is 0 Å². The molecular weight excluding hydrogens is 1360 g/mol. The number of methoxy groups -OCH3 is 1. The largest absolute Gasteiger partial charge is 0.394 e. The van der Waals surface area contributed by atoms with Gasteiger partial charge in [-0.2, -0.15) is 0 Å². The van der Waals surface area contributed by atoms with E-state index in [-0.39, 0.29) is 6.42 Å². The first-order chi connectivity index (χ1) is 48.1. The molecule has 590 valence electrons. The van der Waals surface area contributed by atoms with E-state index >= 15 is 0 Å². The molecule has 0 aromatic heterocycles. The van der Waals surface area contributed by atoms with Crippen molar-refractivity contribution in [2.24, 2.45) is 5.73 Å². The number of nitrogens with two attached hydrogens (primary N) is 1. The number of nitrogens with one attached hydrogen (secondary N) is 5. The molecule has 36 nitrogen and oxygen atoms in total. The van der Waals surface area contributed by atoms with Crippen LogP contribution in [0.1, 0.15) is 152 Å². The molecule has 30 atom stereocenters. The van der Waals surface area contributed by atoms with Crippen molar-refractivity contribution in [1.29, 1.82) is 0 Å². The molecule has 6 fully saturated rings. The molecule has 102 heavy (non-hydrogen) atoms. The molecule has 6 heterocycles. The topological polar surface area (TPSA) is 545 Å². The van der Waals surface area contributed by atoms with Gasteiger partial charge in [0.1, 0.15) is 133 Å². The number of rotatable bonds is 36. The van der Waals surface area contributed by atoms with E-state index in [1.54, 1.807) is 0 Å². The molecule has 0 bridgehead atoms. The van der Waals surface area contributed by atoms with E-state index in [0.29, 0.717) is 6.42 Å². The van der Waals surface area contributed by atoms with Gasteiger partial charge >= 0.3 is 0 Å². The van der Waals surface area contributed by atoms with Crippen LogP contribution in [0.5, 0.6) is 0 Å². The monoisotopic (exact) mass is 1470 g/mol. The Morgan fingerprint density at radius 3 is 1.56 bits per heavy atom. The lowest BCUT2D eigenvalue weighted by Crippen LogP contribution is -2.79. The van der Waals surface area contributed by atoms with Crippen molar-refractivity contribution in [1.82, 2.24) is 26.6 Å². The van der Waals surface area contributed by atoms with Crippen LogP contribution >= 0.6 is 0 Å². The number of unbranched alkanes of at least 4 members (excludes halogenated alkanes) is 11. The van der Waals surface area contributed by atoms with Crippen molar-refractivity contribution in [2.75, 3.05) is 40.1 Å². The van der Waals surface area contributed by atoms with E-state index in [2.05, 4.69) is 45.7 Å². The molecule has 36 heteroatoms. The van der Waals surface area contributed by atoms with Gasteiger partial charge in [0.05, 0.1) is 39.1 Å². The van der Waals surface area contributed by atoms with Crippen molar-refractivity contribution >= 4 is 29.5 Å². The summed E-state index contributed by atoms with van der Waals surface area (Å²) < 4.78 is 73.1. The molecule has 0 radical (unpaired) electrons. The van der Waals surface area contributed by atoms with Crippen LogP contribution in [0.25, 0.3) is 0 Å². The van der Waals surface area contributed by atoms with Gasteiger partial charge in [0.15, 0.2) is 43.4 Å². The third kappa shape index (κ3) is 21.3. The van der Waals surface area contributed by atoms with E-state index in [4.69, 9.17) is 62.6 Å². The second-order valence-electron chi connectivity index (χ2n) is 28.2. The number of aliphatic hydroxyl groups is 13. The Labute approximate surface area is 593 Å². The maximum absolute atomic E-state index is 13.6. The minimum Gasteiger partial charge on any atom is -0.394 e. The van der Waals surface area contributed by atoms with Crippen LogP contribution in [0.3, 0.4) is 0 Å². The Hall–Kier alpha value is -3.95. The zero-order valence-corrected chi connectivity index (χ0v) is 59.9. The van der Waals surface area contributed by atoms with E-state index in [1.165, 1.54) is 60.5 Å². The van der Waals surface area contributed by atoms with Crippen molar-refractivity contribution < 1.29 is 147 Å². The molecule has 0 aromatic carbocycles. The number of carbonyl (C=O) groups excluding carboxylic acids is 5. The summed E-state index contributed by atoms with van der Waals surface area (Å²) in [5.74, 6) is -3.93. The van der Waals surface area contributed by atoms with Crippen LogP contribution in [0, 0.1) is 0 Å². The summed E-state index contributed by atoms with van der Waals surface area (Å²) >= 11 is 0. The Morgan fingerprint density at radius 1 is 0.500 bits per heavy atom. The Balaban J connectivity index is 1.20. The molecule has 20 N–H and O–H groups in total. The fourth-order valence-corrected chi connectivity index (χ4v) is 13.8. The number of allylic oxidation sites excluding steroid dienone is 2. The molecule has 6 rings (SSSR count). The Morgan fingerprint density at radius 2 is 1.02 bits per heavy atom. The lowest BCUT2D eigenvalue weighted by molar-refractivity contribution is -0.388. The molecule has 0 saturated carbocycles. The minimum atomic E-state index is -2.56. The molecule has 0 aromatic rings. The summed E-state index contributed by atoms with van der Waals surface area (Å²) in [5, 5.41) is 161. The van der Waals surface area contributed by atoms with Crippen LogP contribution in [-0.4, -0.2) is 318 Å². The Kier molecular flexibility index (Phi) is 33.5. The van der Waals surface area contributed by atoms with Gasteiger partial charge in [-0.1, -0.05) is 70.4 Å². The standard InChI is InChI=1S/C66H116N6O30/c1-11-12-13-14-15-16-17-18-19-20-21-22-23-24-25-26-40(81)70-42-46(84)53(87)63(7,30-75)101-58(42)97-50-38(28-74)96-62(65(9,54(50)88)71-35(5)79)99-49-37(27-73)94-57(41(45(49)83)68-33(3)77)100-56-47(85)43(69-34(4)78)59(102-64(56,8)31-76)98-51-39(95-61(90)66(67,55(51)89)72-36(6)80)29-92-60-52(91-10)48(86)44(82)32(2)93-60/h16-17,32,37-39,41-62,73-76,82-90H,11-15,18-31,67H2,1-10H3,(H,68,77)(H,69,78)(H,70,81)(H,71,79)(H,72,80)/b17-16-/t32?,37?,38?,39?,41?,42?,43?,44-,45?,46?,47?,48?,49-,50-,51-,52?,53+,54?,55?,56+,57+,58-,59-,60-,61-,62+,63?,64?,65?,66?/m1/s1. The van der Waals surface area contributed by atoms with Crippen LogP contribution in [0.15, 0.2) is 12.2 Å². The fraction of sp³-hybridized carbons (Fsp3) is 0.894. The van der Waals surface area contributed by atoms with Gasteiger partial charge in [-0.05, 0) is 59.8 Å². The normalized spacial score (nSPS) is 41.8. The van der Waals surface area contributed by atoms with Crippen LogP contribution in [0.4, 0.5) is 0 Å². The molecule has 6 aliphatic heterocycles. The lowest BCUT2D eigenvalue weighted by atomic mass is 9.83. The predicted molar refractivity (Wildman–Crippen MR) is 351 cm³/mol. The quantitative estimate of drug-likeness (QED) is 0.0158. The summed E-state index contributed by atoms with van der Waals surface area (Å²) in [4.78, 5) is 65.4. The molecular formula is C66H116N6O30. The zero-order chi connectivity index (χ0) is 75.8. The third-order valence-electron chi connectivity index (χ3n) is 19.8. The highest BCUT2D eigenvalue weighted by molar-refractivity contribution is 5.76. The SMILES string of the molecule is CCCCCC/C=C\CCCCCCCCCC(=O)NC1C(O)[C@H](O)C(C)(CO)O[C@H]1O[C@@H]1C(CO)O[C@@H](O[C@@H]2C(CO)O[C@@H](O[C@H]3C(O)C(NC(C)=O)[C@H](O[C@@H]4C(CO[C@@H]5OC(C)[C@@H](O)C(O)C5OC)O[C@@H](O)C(N)(NC(C)=O)C4O)OC3(C)CO)C(NC(C)=O)C2O)C(C)(NC(C)=O)C1O. The number of aliphatic hydroxyl groups excluding tert-OH is 13. The number of ether oxygens (including phenoxy) is 12. The number of hydrogen-bond acceptors (Lipinski definition) is 31. The van der Waals surface area contributed by atoms with E-state index in [0.717, 1.165) is 79.1 Å².